The van der Waals surface area contributed by atoms with Gasteiger partial charge in [-0.3, -0.25) is 14.5 Å². The third kappa shape index (κ3) is 3.23. The van der Waals surface area contributed by atoms with E-state index in [9.17, 15) is 15.2 Å². The second kappa shape index (κ2) is 7.58. The maximum atomic E-state index is 11.6. The number of phenols is 1. The average Bonchev–Trinajstić information content (AvgIpc) is 3.41. The van der Waals surface area contributed by atoms with Gasteiger partial charge in [0.2, 0.25) is 6.79 Å². The summed E-state index contributed by atoms with van der Waals surface area (Å²) in [6.07, 6.45) is 3.20. The largest absolute Gasteiger partial charge is 0.504 e. The number of nitrogens with zero attached hydrogens (tertiary/aromatic N) is 4. The van der Waals surface area contributed by atoms with Gasteiger partial charge in [-0.05, 0) is 36.4 Å². The Labute approximate surface area is 181 Å². The average molecular weight is 432 g/mol. The molecule has 0 saturated heterocycles. The molecule has 0 bridgehead atoms. The second-order valence-electron chi connectivity index (χ2n) is 6.88. The predicted octanol–water partition coefficient (Wildman–Crippen LogP) is 4.10. The number of methoxy groups -OCH3 is 1. The van der Waals surface area contributed by atoms with Crippen LogP contribution in [0.3, 0.4) is 0 Å². The minimum Gasteiger partial charge on any atom is -0.504 e. The van der Waals surface area contributed by atoms with Crippen LogP contribution in [0.5, 0.6) is 23.0 Å². The Morgan fingerprint density at radius 3 is 2.81 bits per heavy atom. The third-order valence-electron chi connectivity index (χ3n) is 5.00. The van der Waals surface area contributed by atoms with Crippen LogP contribution in [0.25, 0.3) is 16.9 Å². The van der Waals surface area contributed by atoms with Gasteiger partial charge in [0, 0.05) is 18.0 Å². The fraction of sp³-hybridized carbons (Fsp3) is 0.0909. The number of hydrogen-bond donors (Lipinski definition) is 1. The van der Waals surface area contributed by atoms with Gasteiger partial charge in [0.1, 0.15) is 11.3 Å². The number of aromatic hydroxyl groups is 1. The van der Waals surface area contributed by atoms with Gasteiger partial charge in [-0.1, -0.05) is 6.07 Å². The number of pyridine rings is 1. The van der Waals surface area contributed by atoms with Gasteiger partial charge in [0.15, 0.2) is 28.8 Å². The third-order valence-corrected chi connectivity index (χ3v) is 5.00. The summed E-state index contributed by atoms with van der Waals surface area (Å²) in [5.41, 5.74) is 1.94. The molecule has 32 heavy (non-hydrogen) atoms. The number of nitro groups is 1. The topological polar surface area (TPSA) is 121 Å². The zero-order valence-corrected chi connectivity index (χ0v) is 16.8. The number of imidazole rings is 1. The summed E-state index contributed by atoms with van der Waals surface area (Å²) in [5, 5.41) is 21.5. The van der Waals surface area contributed by atoms with E-state index in [4.69, 9.17) is 14.2 Å². The van der Waals surface area contributed by atoms with Gasteiger partial charge in [0.05, 0.1) is 23.7 Å². The molecule has 0 fully saturated rings. The Balaban J connectivity index is 1.66. The molecule has 0 unspecified atom stereocenters. The lowest BCUT2D eigenvalue weighted by Crippen LogP contribution is -1.95. The standard InChI is InChI=1S/C22H16N4O6/c1-30-17-8-13(5-6-16(17)27)21-22(25-7-3-2-4-20(25)24-21)23-11-14-9-18-19(32-12-31-18)10-15(14)26(28)29/h2-11,27H,12H2,1H3. The molecule has 5 rings (SSSR count). The molecule has 3 heterocycles. The minimum absolute atomic E-state index is 0.000972. The van der Waals surface area contributed by atoms with Crippen molar-refractivity contribution in [3.8, 4) is 34.3 Å². The van der Waals surface area contributed by atoms with Gasteiger partial charge in [-0.2, -0.15) is 0 Å². The van der Waals surface area contributed by atoms with Crippen molar-refractivity contribution in [3.63, 3.8) is 0 Å². The number of benzene rings is 2. The molecule has 4 aromatic rings. The number of phenolic OH excluding ortho intramolecular Hbond substituents is 1. The van der Waals surface area contributed by atoms with Crippen molar-refractivity contribution in [2.24, 2.45) is 4.99 Å². The highest BCUT2D eigenvalue weighted by Gasteiger charge is 2.23. The monoisotopic (exact) mass is 432 g/mol. The molecule has 1 N–H and O–H groups in total. The number of rotatable bonds is 5. The van der Waals surface area contributed by atoms with Gasteiger partial charge < -0.3 is 19.3 Å². The summed E-state index contributed by atoms with van der Waals surface area (Å²) < 4.78 is 17.6. The van der Waals surface area contributed by atoms with Crippen LogP contribution < -0.4 is 14.2 Å². The van der Waals surface area contributed by atoms with Crippen LogP contribution in [-0.2, 0) is 0 Å². The molecule has 0 radical (unpaired) electrons. The first kappa shape index (κ1) is 19.4. The minimum atomic E-state index is -0.496. The molecule has 0 saturated carbocycles. The van der Waals surface area contributed by atoms with Crippen molar-refractivity contribution in [2.75, 3.05) is 13.9 Å². The maximum absolute atomic E-state index is 11.6. The summed E-state index contributed by atoms with van der Waals surface area (Å²) >= 11 is 0. The van der Waals surface area contributed by atoms with Crippen LogP contribution in [0, 0.1) is 10.1 Å². The molecule has 10 nitrogen and oxygen atoms in total. The van der Waals surface area contributed by atoms with Crippen LogP contribution in [-0.4, -0.2) is 39.5 Å². The second-order valence-corrected chi connectivity index (χ2v) is 6.88. The first-order valence-electron chi connectivity index (χ1n) is 9.51. The molecule has 0 atom stereocenters. The van der Waals surface area contributed by atoms with Crippen molar-refractivity contribution >= 4 is 23.4 Å². The quantitative estimate of drug-likeness (QED) is 0.286. The Morgan fingerprint density at radius 2 is 2.03 bits per heavy atom. The summed E-state index contributed by atoms with van der Waals surface area (Å²) in [7, 11) is 1.46. The molecule has 0 amide bonds. The molecule has 10 heteroatoms. The van der Waals surface area contributed by atoms with Crippen molar-refractivity contribution < 1.29 is 24.2 Å². The molecule has 1 aliphatic heterocycles. The van der Waals surface area contributed by atoms with Crippen molar-refractivity contribution in [1.82, 2.24) is 9.38 Å². The first-order chi connectivity index (χ1) is 15.5. The number of aromatic nitrogens is 2. The molecular formula is C22H16N4O6. The van der Waals surface area contributed by atoms with Crippen molar-refractivity contribution in [1.29, 1.82) is 0 Å². The SMILES string of the molecule is COc1cc(-c2nc3ccccn3c2N=Cc2cc3c(cc2[N+](=O)[O-])OCO3)ccc1O. The Morgan fingerprint density at radius 1 is 1.22 bits per heavy atom. The fourth-order valence-corrected chi connectivity index (χ4v) is 3.46. The van der Waals surface area contributed by atoms with E-state index < -0.39 is 4.92 Å². The number of hydrogen-bond acceptors (Lipinski definition) is 8. The van der Waals surface area contributed by atoms with E-state index in [2.05, 4.69) is 9.98 Å². The lowest BCUT2D eigenvalue weighted by atomic mass is 10.1. The molecule has 160 valence electrons. The van der Waals surface area contributed by atoms with E-state index >= 15 is 0 Å². The number of fused-ring (bicyclic) bond motifs is 2. The number of aliphatic imine (C=N–C) groups is 1. The van der Waals surface area contributed by atoms with Gasteiger partial charge in [-0.15, -0.1) is 0 Å². The lowest BCUT2D eigenvalue weighted by Gasteiger charge is -2.06. The number of nitro benzene ring substituents is 1. The maximum Gasteiger partial charge on any atom is 0.282 e. The predicted molar refractivity (Wildman–Crippen MR) is 115 cm³/mol. The molecule has 1 aliphatic rings. The highest BCUT2D eigenvalue weighted by Crippen LogP contribution is 2.39. The zero-order valence-electron chi connectivity index (χ0n) is 16.8. The lowest BCUT2D eigenvalue weighted by molar-refractivity contribution is -0.385. The molecule has 0 aliphatic carbocycles. The summed E-state index contributed by atoms with van der Waals surface area (Å²) in [5.74, 6) is 1.49. The smallest absolute Gasteiger partial charge is 0.282 e. The van der Waals surface area contributed by atoms with E-state index in [0.717, 1.165) is 0 Å². The van der Waals surface area contributed by atoms with Crippen molar-refractivity contribution in [3.05, 3.63) is 70.4 Å². The highest BCUT2D eigenvalue weighted by molar-refractivity contribution is 5.90. The van der Waals surface area contributed by atoms with Crippen LogP contribution in [0.15, 0.2) is 59.7 Å². The highest BCUT2D eigenvalue weighted by atomic mass is 16.7. The van der Waals surface area contributed by atoms with E-state index in [-0.39, 0.29) is 23.8 Å². The fourth-order valence-electron chi connectivity index (χ4n) is 3.46. The van der Waals surface area contributed by atoms with Gasteiger partial charge >= 0.3 is 0 Å². The van der Waals surface area contributed by atoms with Crippen molar-refractivity contribution in [2.45, 2.75) is 0 Å². The van der Waals surface area contributed by atoms with Gasteiger partial charge in [-0.25, -0.2) is 9.98 Å². The molecule has 2 aromatic carbocycles. The molecule has 0 spiro atoms. The van der Waals surface area contributed by atoms with Gasteiger partial charge in [0.25, 0.3) is 5.69 Å². The summed E-state index contributed by atoms with van der Waals surface area (Å²) in [4.78, 5) is 20.3. The van der Waals surface area contributed by atoms with E-state index in [1.807, 2.05) is 18.2 Å². The Kier molecular flexibility index (Phi) is 4.59. The van der Waals surface area contributed by atoms with Crippen LogP contribution in [0.1, 0.15) is 5.56 Å². The van der Waals surface area contributed by atoms with E-state index in [1.54, 1.807) is 22.7 Å². The Bertz CT molecular complexity index is 1390. The normalized spacial score (nSPS) is 12.5. The zero-order chi connectivity index (χ0) is 22.2. The van der Waals surface area contributed by atoms with Crippen LogP contribution >= 0.6 is 0 Å². The molecule has 2 aromatic heterocycles. The molecular weight excluding hydrogens is 416 g/mol. The first-order valence-corrected chi connectivity index (χ1v) is 9.51. The van der Waals surface area contributed by atoms with Crippen LogP contribution in [0.4, 0.5) is 11.5 Å². The van der Waals surface area contributed by atoms with E-state index in [0.29, 0.717) is 40.0 Å². The Hall–Kier alpha value is -4.60. The summed E-state index contributed by atoms with van der Waals surface area (Å²) in [6, 6.07) is 13.2. The van der Waals surface area contributed by atoms with E-state index in [1.165, 1.54) is 31.5 Å². The summed E-state index contributed by atoms with van der Waals surface area (Å²) in [6.45, 7) is 0.00712. The number of ether oxygens (including phenoxy) is 3. The van der Waals surface area contributed by atoms with Crippen LogP contribution in [0.2, 0.25) is 0 Å².